The molecule has 2 heterocycles. The summed E-state index contributed by atoms with van der Waals surface area (Å²) in [5.41, 5.74) is 3.54. The van der Waals surface area contributed by atoms with Gasteiger partial charge in [0.1, 0.15) is 17.2 Å². The van der Waals surface area contributed by atoms with Gasteiger partial charge in [-0.3, -0.25) is 4.79 Å². The van der Waals surface area contributed by atoms with Crippen molar-refractivity contribution in [3.05, 3.63) is 96.4 Å². The molecule has 8 heteroatoms. The number of hydrogen-bond acceptors (Lipinski definition) is 6. The highest BCUT2D eigenvalue weighted by atomic mass is 16.5. The van der Waals surface area contributed by atoms with Crippen molar-refractivity contribution in [1.82, 2.24) is 19.8 Å². The molecule has 2 aromatic heterocycles. The van der Waals surface area contributed by atoms with Crippen molar-refractivity contribution in [3.8, 4) is 28.4 Å². The fourth-order valence-electron chi connectivity index (χ4n) is 3.64. The van der Waals surface area contributed by atoms with Gasteiger partial charge >= 0.3 is 0 Å². The van der Waals surface area contributed by atoms with E-state index in [0.29, 0.717) is 28.5 Å². The number of para-hydroxylation sites is 2. The van der Waals surface area contributed by atoms with Crippen LogP contribution in [0.25, 0.3) is 16.8 Å². The molecule has 0 aliphatic carbocycles. The highest BCUT2D eigenvalue weighted by Crippen LogP contribution is 2.32. The Morgan fingerprint density at radius 1 is 0.853 bits per heavy atom. The summed E-state index contributed by atoms with van der Waals surface area (Å²) < 4.78 is 12.9. The minimum Gasteiger partial charge on any atom is -0.496 e. The van der Waals surface area contributed by atoms with E-state index in [2.05, 4.69) is 20.6 Å². The van der Waals surface area contributed by atoms with Crippen LogP contribution in [0.3, 0.4) is 0 Å². The number of hydrogen-bond donors (Lipinski definition) is 1. The van der Waals surface area contributed by atoms with Gasteiger partial charge in [0.25, 0.3) is 5.91 Å². The zero-order valence-electron chi connectivity index (χ0n) is 18.6. The van der Waals surface area contributed by atoms with E-state index in [9.17, 15) is 4.79 Å². The average molecular weight is 451 g/mol. The number of benzene rings is 3. The van der Waals surface area contributed by atoms with Crippen molar-refractivity contribution < 1.29 is 14.3 Å². The van der Waals surface area contributed by atoms with E-state index < -0.39 is 0 Å². The fraction of sp³-hybridized carbons (Fsp3) is 0.0769. The van der Waals surface area contributed by atoms with Gasteiger partial charge in [-0.05, 0) is 49.4 Å². The average Bonchev–Trinajstić information content (AvgIpc) is 3.31. The summed E-state index contributed by atoms with van der Waals surface area (Å²) in [5, 5.41) is 15.8. The second-order valence-electron chi connectivity index (χ2n) is 7.52. The Morgan fingerprint density at radius 3 is 2.32 bits per heavy atom. The van der Waals surface area contributed by atoms with E-state index in [1.54, 1.807) is 49.0 Å². The fourth-order valence-corrected chi connectivity index (χ4v) is 3.64. The van der Waals surface area contributed by atoms with Crippen LogP contribution >= 0.6 is 0 Å². The van der Waals surface area contributed by atoms with Crippen LogP contribution in [0.1, 0.15) is 16.2 Å². The molecule has 0 spiro atoms. The van der Waals surface area contributed by atoms with Crippen LogP contribution in [0, 0.1) is 6.92 Å². The highest BCUT2D eigenvalue weighted by Gasteiger charge is 2.19. The number of fused-ring (bicyclic) bond motifs is 1. The molecule has 8 nitrogen and oxygen atoms in total. The SMILES string of the molecule is COc1ccccc1-c1cnn2c(C)c(C(=O)Nc3ccc(Oc4ccccc4)cc3)nnc12. The van der Waals surface area contributed by atoms with Crippen molar-refractivity contribution in [3.63, 3.8) is 0 Å². The molecule has 3 aromatic carbocycles. The third-order valence-electron chi connectivity index (χ3n) is 5.35. The first-order chi connectivity index (χ1) is 16.6. The van der Waals surface area contributed by atoms with Gasteiger partial charge in [0, 0.05) is 11.3 Å². The van der Waals surface area contributed by atoms with E-state index in [4.69, 9.17) is 9.47 Å². The summed E-state index contributed by atoms with van der Waals surface area (Å²) in [6.45, 7) is 1.78. The van der Waals surface area contributed by atoms with Gasteiger partial charge in [0.2, 0.25) is 0 Å². The molecule has 0 atom stereocenters. The zero-order valence-corrected chi connectivity index (χ0v) is 18.6. The molecular formula is C26H21N5O3. The first-order valence-electron chi connectivity index (χ1n) is 10.6. The summed E-state index contributed by atoms with van der Waals surface area (Å²) in [6, 6.07) is 24.2. The summed E-state index contributed by atoms with van der Waals surface area (Å²) in [4.78, 5) is 12.9. The third kappa shape index (κ3) is 4.04. The minimum absolute atomic E-state index is 0.187. The van der Waals surface area contributed by atoms with E-state index in [1.807, 2.05) is 54.6 Å². The maximum Gasteiger partial charge on any atom is 0.278 e. The summed E-state index contributed by atoms with van der Waals surface area (Å²) in [5.74, 6) is 1.74. The van der Waals surface area contributed by atoms with Gasteiger partial charge in [-0.2, -0.15) is 5.10 Å². The molecule has 0 aliphatic heterocycles. The molecule has 0 unspecified atom stereocenters. The second kappa shape index (κ2) is 9.03. The molecule has 0 saturated heterocycles. The van der Waals surface area contributed by atoms with Gasteiger partial charge in [0.15, 0.2) is 11.3 Å². The summed E-state index contributed by atoms with van der Waals surface area (Å²) in [7, 11) is 1.62. The van der Waals surface area contributed by atoms with Crippen LogP contribution in [-0.4, -0.2) is 32.8 Å². The number of carbonyl (C=O) groups excluding carboxylic acids is 1. The van der Waals surface area contributed by atoms with Crippen molar-refractivity contribution in [2.24, 2.45) is 0 Å². The van der Waals surface area contributed by atoms with Crippen LogP contribution in [0.15, 0.2) is 85.1 Å². The quantitative estimate of drug-likeness (QED) is 0.384. The lowest BCUT2D eigenvalue weighted by atomic mass is 10.1. The predicted molar refractivity (Wildman–Crippen MR) is 128 cm³/mol. The van der Waals surface area contributed by atoms with Crippen LogP contribution in [-0.2, 0) is 0 Å². The number of ether oxygens (including phenoxy) is 2. The van der Waals surface area contributed by atoms with E-state index in [-0.39, 0.29) is 11.6 Å². The van der Waals surface area contributed by atoms with Crippen LogP contribution in [0.2, 0.25) is 0 Å². The number of nitrogens with zero attached hydrogens (tertiary/aromatic N) is 4. The monoisotopic (exact) mass is 451 g/mol. The Kier molecular flexibility index (Phi) is 5.61. The van der Waals surface area contributed by atoms with E-state index in [0.717, 1.165) is 16.9 Å². The number of carbonyl (C=O) groups is 1. The number of amides is 1. The van der Waals surface area contributed by atoms with Crippen LogP contribution in [0.4, 0.5) is 5.69 Å². The van der Waals surface area contributed by atoms with Gasteiger partial charge in [-0.15, -0.1) is 10.2 Å². The first kappa shape index (κ1) is 21.1. The van der Waals surface area contributed by atoms with Gasteiger partial charge in [-0.1, -0.05) is 36.4 Å². The molecule has 5 rings (SSSR count). The predicted octanol–water partition coefficient (Wildman–Crippen LogP) is 5.15. The molecule has 0 radical (unpaired) electrons. The Hall–Kier alpha value is -4.72. The molecule has 0 bridgehead atoms. The van der Waals surface area contributed by atoms with E-state index >= 15 is 0 Å². The molecule has 168 valence electrons. The molecule has 0 aliphatic rings. The number of methoxy groups -OCH3 is 1. The van der Waals surface area contributed by atoms with Crippen molar-refractivity contribution >= 4 is 17.2 Å². The lowest BCUT2D eigenvalue weighted by molar-refractivity contribution is 0.102. The Bertz CT molecular complexity index is 1460. The molecule has 0 fully saturated rings. The largest absolute Gasteiger partial charge is 0.496 e. The minimum atomic E-state index is -0.377. The Labute approximate surface area is 195 Å². The van der Waals surface area contributed by atoms with Crippen LogP contribution in [0.5, 0.6) is 17.2 Å². The van der Waals surface area contributed by atoms with Gasteiger partial charge < -0.3 is 14.8 Å². The van der Waals surface area contributed by atoms with Crippen LogP contribution < -0.4 is 14.8 Å². The lowest BCUT2D eigenvalue weighted by Crippen LogP contribution is -2.18. The smallest absolute Gasteiger partial charge is 0.278 e. The number of rotatable bonds is 6. The standard InChI is InChI=1S/C26H21N5O3/c1-17-24(26(32)28-18-12-14-20(15-13-18)34-19-8-4-3-5-9-19)29-30-25-22(16-27-31(17)25)21-10-6-7-11-23(21)33-2/h3-16H,1-2H3,(H,28,32). The summed E-state index contributed by atoms with van der Waals surface area (Å²) in [6.07, 6.45) is 1.70. The normalized spacial score (nSPS) is 10.8. The lowest BCUT2D eigenvalue weighted by Gasteiger charge is -2.10. The first-order valence-corrected chi connectivity index (χ1v) is 10.6. The highest BCUT2D eigenvalue weighted by molar-refractivity contribution is 6.03. The maximum atomic E-state index is 12.9. The number of aromatic nitrogens is 4. The molecule has 1 N–H and O–H groups in total. The number of anilines is 1. The van der Waals surface area contributed by atoms with Gasteiger partial charge in [0.05, 0.1) is 24.6 Å². The molecule has 1 amide bonds. The summed E-state index contributed by atoms with van der Waals surface area (Å²) >= 11 is 0. The van der Waals surface area contributed by atoms with Crippen molar-refractivity contribution in [2.45, 2.75) is 6.92 Å². The molecule has 0 saturated carbocycles. The molecule has 5 aromatic rings. The third-order valence-corrected chi connectivity index (χ3v) is 5.35. The maximum absolute atomic E-state index is 12.9. The topological polar surface area (TPSA) is 90.6 Å². The van der Waals surface area contributed by atoms with Crippen molar-refractivity contribution in [2.75, 3.05) is 12.4 Å². The second-order valence-corrected chi connectivity index (χ2v) is 7.52. The number of nitrogens with one attached hydrogen (secondary N) is 1. The number of aryl methyl sites for hydroxylation is 1. The molecule has 34 heavy (non-hydrogen) atoms. The van der Waals surface area contributed by atoms with Gasteiger partial charge in [-0.25, -0.2) is 4.52 Å². The van der Waals surface area contributed by atoms with Crippen molar-refractivity contribution in [1.29, 1.82) is 0 Å². The Morgan fingerprint density at radius 2 is 1.56 bits per heavy atom. The molecular weight excluding hydrogens is 430 g/mol. The van der Waals surface area contributed by atoms with E-state index in [1.165, 1.54) is 0 Å². The Balaban J connectivity index is 1.37. The zero-order chi connectivity index (χ0) is 23.5.